The van der Waals surface area contributed by atoms with Crippen LogP contribution in [0, 0.1) is 49.1 Å². The van der Waals surface area contributed by atoms with E-state index in [1.165, 1.54) is 23.7 Å². The summed E-state index contributed by atoms with van der Waals surface area (Å²) in [6, 6.07) is 0. The maximum atomic E-state index is 9.95. The Morgan fingerprint density at radius 1 is 0.805 bits per heavy atom. The van der Waals surface area contributed by atoms with Gasteiger partial charge in [-0.25, -0.2) is 4.98 Å². The molecule has 41 heavy (non-hydrogen) atoms. The third-order valence-electron chi connectivity index (χ3n) is 3.17. The van der Waals surface area contributed by atoms with Crippen LogP contribution in [0.15, 0.2) is 45.3 Å². The van der Waals surface area contributed by atoms with Crippen molar-refractivity contribution in [2.45, 2.75) is 13.8 Å². The number of thiazole rings is 5. The van der Waals surface area contributed by atoms with Gasteiger partial charge < -0.3 is 36.1 Å². The van der Waals surface area contributed by atoms with E-state index in [9.17, 15) is 35.3 Å². The molecule has 2 N–H and O–H groups in total. The van der Waals surface area contributed by atoms with Crippen molar-refractivity contribution in [3.8, 4) is 0 Å². The predicted molar refractivity (Wildman–Crippen MR) is 163 cm³/mol. The standard InChI is InChI=1S/C4H4ClNS.C4H5NS.C3HBrN2O2S.C3HN3O3S.C3H3N3O2S/c1-3-6-2-4(5)7-3;1-4-5-2-3-6-4;4-2-1-5-3(9-2)6(7)8;7-5-2-1-4-3(10-2)6(8)9;4-2-1-5-3(9-2)6(7)8/h2H,1H3;2-3H,1H3;1H;1H;1H,4H2. The maximum absolute atomic E-state index is 9.95. The Kier molecular flexibility index (Phi) is 16.3. The van der Waals surface area contributed by atoms with E-state index in [4.69, 9.17) is 17.3 Å². The highest BCUT2D eigenvalue weighted by atomic mass is 79.9. The van der Waals surface area contributed by atoms with Crippen molar-refractivity contribution in [1.29, 1.82) is 0 Å². The molecule has 0 saturated heterocycles. The molecule has 17 nitrogen and oxygen atoms in total. The number of nitrogens with two attached hydrogens (primary N) is 1. The normalized spacial score (nSPS) is 9.27. The first-order valence-corrected chi connectivity index (χ1v) is 15.1. The van der Waals surface area contributed by atoms with Gasteiger partial charge in [-0.1, -0.05) is 11.6 Å². The monoisotopic (exact) mass is 744 g/mol. The zero-order valence-corrected chi connectivity index (χ0v) is 26.6. The van der Waals surface area contributed by atoms with Crippen LogP contribution in [0.2, 0.25) is 4.34 Å². The minimum atomic E-state index is -0.667. The fraction of sp³-hybridized carbons (Fsp3) is 0.118. The molecule has 0 spiro atoms. The summed E-state index contributed by atoms with van der Waals surface area (Å²) < 4.78 is 1.44. The van der Waals surface area contributed by atoms with Crippen molar-refractivity contribution >= 4 is 110 Å². The quantitative estimate of drug-likeness (QED) is 0.107. The topological polar surface area (TPSA) is 249 Å². The lowest BCUT2D eigenvalue weighted by Gasteiger charge is -1.81. The molecule has 0 radical (unpaired) electrons. The molecule has 0 aliphatic carbocycles. The van der Waals surface area contributed by atoms with Crippen LogP contribution in [0.4, 0.5) is 25.4 Å². The molecular formula is C17H14BrClN10O7S5. The van der Waals surface area contributed by atoms with Gasteiger partial charge in [0.2, 0.25) is 5.00 Å². The highest BCUT2D eigenvalue weighted by molar-refractivity contribution is 9.11. The molecule has 5 aromatic rings. The fourth-order valence-corrected chi connectivity index (χ4v) is 5.02. The highest BCUT2D eigenvalue weighted by Gasteiger charge is 2.12. The van der Waals surface area contributed by atoms with Crippen LogP contribution < -0.4 is 5.73 Å². The molecule has 0 amide bonds. The second kappa shape index (κ2) is 18.8. The van der Waals surface area contributed by atoms with Crippen LogP contribution in [0.5, 0.6) is 0 Å². The average molecular weight is 746 g/mol. The number of nitrogen functional groups attached to an aromatic ring is 1. The van der Waals surface area contributed by atoms with Crippen LogP contribution in [0.1, 0.15) is 10.0 Å². The molecule has 218 valence electrons. The van der Waals surface area contributed by atoms with Gasteiger partial charge >= 0.3 is 15.4 Å². The Labute approximate surface area is 262 Å². The summed E-state index contributed by atoms with van der Waals surface area (Å²) in [5.41, 5.74) is 5.17. The first kappa shape index (κ1) is 35.5. The Bertz CT molecular complexity index is 1470. The van der Waals surface area contributed by atoms with Gasteiger partial charge in [0.15, 0.2) is 18.6 Å². The van der Waals surface area contributed by atoms with Crippen LogP contribution in [-0.4, -0.2) is 39.7 Å². The number of aromatic nitrogens is 5. The number of aryl methyl sites for hydroxylation is 2. The molecule has 0 aliphatic rings. The van der Waals surface area contributed by atoms with E-state index in [1.807, 2.05) is 19.2 Å². The largest absolute Gasteiger partial charge is 0.425 e. The minimum Gasteiger partial charge on any atom is -0.387 e. The molecule has 0 saturated carbocycles. The summed E-state index contributed by atoms with van der Waals surface area (Å²) in [5.74, 6) is 0. The van der Waals surface area contributed by atoms with Crippen molar-refractivity contribution in [3.63, 3.8) is 0 Å². The molecular weight excluding hydrogens is 732 g/mol. The van der Waals surface area contributed by atoms with Gasteiger partial charge in [-0.3, -0.25) is 4.98 Å². The van der Waals surface area contributed by atoms with E-state index >= 15 is 0 Å². The van der Waals surface area contributed by atoms with Crippen molar-refractivity contribution < 1.29 is 14.8 Å². The van der Waals surface area contributed by atoms with Crippen LogP contribution in [0.25, 0.3) is 0 Å². The third kappa shape index (κ3) is 15.2. The number of nitroso groups, excluding NO2 is 1. The maximum Gasteiger partial charge on any atom is 0.425 e. The SMILES string of the molecule is Cc1ncc(Cl)s1.Cc1nccs1.Nc1cnc([N+](=O)[O-])s1.O=Nc1cnc([N+](=O)[O-])s1.O=[N+]([O-])c1ncc(Br)s1. The molecule has 5 aromatic heterocycles. The number of hydrogen-bond acceptors (Lipinski definition) is 19. The molecule has 0 unspecified atom stereocenters. The predicted octanol–water partition coefficient (Wildman–Crippen LogP) is 7.45. The Morgan fingerprint density at radius 2 is 1.37 bits per heavy atom. The van der Waals surface area contributed by atoms with E-state index < -0.39 is 14.8 Å². The van der Waals surface area contributed by atoms with Crippen LogP contribution in [-0.2, 0) is 0 Å². The lowest BCUT2D eigenvalue weighted by atomic mass is 10.8. The molecule has 0 fully saturated rings. The van der Waals surface area contributed by atoms with Crippen LogP contribution >= 0.6 is 84.2 Å². The zero-order chi connectivity index (χ0) is 30.9. The van der Waals surface area contributed by atoms with E-state index in [-0.39, 0.29) is 20.4 Å². The van der Waals surface area contributed by atoms with Gasteiger partial charge in [0.25, 0.3) is 0 Å². The lowest BCUT2D eigenvalue weighted by molar-refractivity contribution is -0.384. The first-order valence-electron chi connectivity index (χ1n) is 9.81. The Morgan fingerprint density at radius 3 is 1.59 bits per heavy atom. The van der Waals surface area contributed by atoms with Crippen molar-refractivity contribution in [3.05, 3.63) is 89.8 Å². The van der Waals surface area contributed by atoms with E-state index in [0.29, 0.717) is 20.1 Å². The average Bonchev–Trinajstić information content (AvgIpc) is 3.73. The minimum absolute atomic E-state index is 0.0201. The fourth-order valence-electron chi connectivity index (χ4n) is 1.71. The summed E-state index contributed by atoms with van der Waals surface area (Å²) in [4.78, 5) is 55.8. The molecule has 5 heterocycles. The number of anilines is 1. The van der Waals surface area contributed by atoms with Gasteiger partial charge in [0, 0.05) is 11.6 Å². The van der Waals surface area contributed by atoms with E-state index in [1.54, 1.807) is 23.7 Å². The second-order valence-electron chi connectivity index (χ2n) is 6.07. The molecule has 0 bridgehead atoms. The summed E-state index contributed by atoms with van der Waals surface area (Å²) in [6.45, 7) is 3.92. The second-order valence-corrected chi connectivity index (χ2v) is 13.5. The Hall–Kier alpha value is -3.48. The van der Waals surface area contributed by atoms with Gasteiger partial charge in [-0.15, -0.1) is 27.6 Å². The first-order chi connectivity index (χ1) is 19.3. The van der Waals surface area contributed by atoms with E-state index in [0.717, 1.165) is 43.2 Å². The van der Waals surface area contributed by atoms with Crippen molar-refractivity contribution in [2.75, 3.05) is 5.73 Å². The zero-order valence-electron chi connectivity index (χ0n) is 20.2. The van der Waals surface area contributed by atoms with Gasteiger partial charge in [-0.2, -0.15) is 0 Å². The molecule has 0 aliphatic heterocycles. The summed E-state index contributed by atoms with van der Waals surface area (Å²) in [7, 11) is 0. The number of rotatable bonds is 4. The number of hydrogen-bond donors (Lipinski definition) is 1. The summed E-state index contributed by atoms with van der Waals surface area (Å²) in [6.07, 6.45) is 7.20. The van der Waals surface area contributed by atoms with Gasteiger partial charge in [0.05, 0.1) is 16.2 Å². The van der Waals surface area contributed by atoms with Gasteiger partial charge in [-0.05, 0) is 98.7 Å². The molecule has 24 heteroatoms. The van der Waals surface area contributed by atoms with Crippen molar-refractivity contribution in [1.82, 2.24) is 24.9 Å². The Balaban J connectivity index is 0.000000259. The number of nitrogens with zero attached hydrogens (tertiary/aromatic N) is 9. The third-order valence-corrected chi connectivity index (χ3v) is 7.93. The summed E-state index contributed by atoms with van der Waals surface area (Å²) in [5, 5.41) is 36.2. The highest BCUT2D eigenvalue weighted by Crippen LogP contribution is 2.26. The number of nitro groups is 3. The molecule has 5 rings (SSSR count). The molecule has 0 aromatic carbocycles. The van der Waals surface area contributed by atoms with Crippen molar-refractivity contribution in [2.24, 2.45) is 5.18 Å². The number of halogens is 2. The summed E-state index contributed by atoms with van der Waals surface area (Å²) >= 11 is 14.2. The molecule has 0 atom stereocenters. The lowest BCUT2D eigenvalue weighted by Crippen LogP contribution is -1.83. The van der Waals surface area contributed by atoms with Crippen LogP contribution in [0.3, 0.4) is 0 Å². The van der Waals surface area contributed by atoms with E-state index in [2.05, 4.69) is 46.0 Å². The smallest absolute Gasteiger partial charge is 0.387 e. The van der Waals surface area contributed by atoms with Gasteiger partial charge in [0.1, 0.15) is 13.1 Å².